The van der Waals surface area contributed by atoms with Gasteiger partial charge in [0.2, 0.25) is 5.91 Å². The molecule has 2 saturated heterocycles. The number of hydrogen-bond donors (Lipinski definition) is 2. The molecule has 0 aromatic rings. The van der Waals surface area contributed by atoms with E-state index in [0.717, 1.165) is 12.8 Å². The molecule has 0 aromatic heterocycles. The van der Waals surface area contributed by atoms with E-state index in [1.165, 1.54) is 13.8 Å². The van der Waals surface area contributed by atoms with E-state index in [9.17, 15) is 14.7 Å². The van der Waals surface area contributed by atoms with Gasteiger partial charge in [-0.1, -0.05) is 0 Å². The van der Waals surface area contributed by atoms with E-state index >= 15 is 0 Å². The van der Waals surface area contributed by atoms with Crippen molar-refractivity contribution in [3.8, 4) is 0 Å². The van der Waals surface area contributed by atoms with E-state index in [4.69, 9.17) is 0 Å². The highest BCUT2D eigenvalue weighted by atomic mass is 16.3. The van der Waals surface area contributed by atoms with E-state index < -0.39 is 5.60 Å². The van der Waals surface area contributed by atoms with E-state index in [-0.39, 0.29) is 17.9 Å². The molecule has 0 spiro atoms. The lowest BCUT2D eigenvalue weighted by molar-refractivity contribution is -0.150. The van der Waals surface area contributed by atoms with Crippen molar-refractivity contribution in [3.05, 3.63) is 0 Å². The molecule has 0 radical (unpaired) electrons. The lowest BCUT2D eigenvalue weighted by Crippen LogP contribution is -2.57. The zero-order valence-electron chi connectivity index (χ0n) is 10.4. The Bertz CT molecular complexity index is 335. The van der Waals surface area contributed by atoms with Crippen LogP contribution >= 0.6 is 0 Å². The van der Waals surface area contributed by atoms with Gasteiger partial charge in [0.1, 0.15) is 5.60 Å². The molecule has 0 bridgehead atoms. The fourth-order valence-corrected chi connectivity index (χ4v) is 2.68. The molecule has 2 N–H and O–H groups in total. The summed E-state index contributed by atoms with van der Waals surface area (Å²) in [6.07, 6.45) is 2.18. The molecule has 2 amide bonds. The summed E-state index contributed by atoms with van der Waals surface area (Å²) in [5.41, 5.74) is -1.30. The topological polar surface area (TPSA) is 69.6 Å². The highest BCUT2D eigenvalue weighted by molar-refractivity contribution is 5.84. The molecule has 5 heteroatoms. The zero-order chi connectivity index (χ0) is 12.6. The van der Waals surface area contributed by atoms with Gasteiger partial charge in [-0.15, -0.1) is 0 Å². The molecular weight excluding hydrogens is 220 g/mol. The van der Waals surface area contributed by atoms with Gasteiger partial charge in [0.05, 0.1) is 0 Å². The van der Waals surface area contributed by atoms with Gasteiger partial charge in [0, 0.05) is 25.6 Å². The average molecular weight is 240 g/mol. The van der Waals surface area contributed by atoms with Crippen molar-refractivity contribution in [2.45, 2.75) is 44.8 Å². The van der Waals surface area contributed by atoms with Gasteiger partial charge < -0.3 is 15.3 Å². The molecular formula is C12H20N2O3. The summed E-state index contributed by atoms with van der Waals surface area (Å²) in [5, 5.41) is 12.7. The van der Waals surface area contributed by atoms with Gasteiger partial charge in [-0.25, -0.2) is 0 Å². The number of rotatable bonds is 1. The SMILES string of the molecule is CC(C)(O)C(=O)N1CCC2NC(=O)CCC2C1. The molecule has 0 aromatic carbocycles. The maximum absolute atomic E-state index is 11.9. The van der Waals surface area contributed by atoms with Crippen LogP contribution < -0.4 is 5.32 Å². The fraction of sp³-hybridized carbons (Fsp3) is 0.833. The normalized spacial score (nSPS) is 29.6. The van der Waals surface area contributed by atoms with E-state index in [2.05, 4.69) is 5.32 Å². The lowest BCUT2D eigenvalue weighted by atomic mass is 9.84. The number of fused-ring (bicyclic) bond motifs is 1. The first kappa shape index (κ1) is 12.4. The van der Waals surface area contributed by atoms with Crippen LogP contribution in [-0.4, -0.2) is 46.6 Å². The first-order chi connectivity index (χ1) is 7.88. The predicted molar refractivity (Wildman–Crippen MR) is 62.1 cm³/mol. The molecule has 0 aliphatic carbocycles. The van der Waals surface area contributed by atoms with Crippen molar-refractivity contribution in [1.82, 2.24) is 10.2 Å². The summed E-state index contributed by atoms with van der Waals surface area (Å²) >= 11 is 0. The maximum Gasteiger partial charge on any atom is 0.253 e. The highest BCUT2D eigenvalue weighted by Gasteiger charge is 2.38. The Kier molecular flexibility index (Phi) is 3.12. The summed E-state index contributed by atoms with van der Waals surface area (Å²) in [6, 6.07) is 0.210. The van der Waals surface area contributed by atoms with Gasteiger partial charge in [-0.2, -0.15) is 0 Å². The number of aliphatic hydroxyl groups is 1. The maximum atomic E-state index is 11.9. The number of carbonyl (C=O) groups excluding carboxylic acids is 2. The Morgan fingerprint density at radius 2 is 2.18 bits per heavy atom. The number of piperidine rings is 2. The number of carbonyl (C=O) groups is 2. The number of hydrogen-bond acceptors (Lipinski definition) is 3. The van der Waals surface area contributed by atoms with Gasteiger partial charge in [0.25, 0.3) is 5.91 Å². The molecule has 2 fully saturated rings. The van der Waals surface area contributed by atoms with Gasteiger partial charge in [-0.3, -0.25) is 9.59 Å². The van der Waals surface area contributed by atoms with Crippen molar-refractivity contribution in [2.24, 2.45) is 5.92 Å². The van der Waals surface area contributed by atoms with E-state index in [1.807, 2.05) is 0 Å². The van der Waals surface area contributed by atoms with E-state index in [1.54, 1.807) is 4.90 Å². The molecule has 5 nitrogen and oxygen atoms in total. The first-order valence-corrected chi connectivity index (χ1v) is 6.19. The Labute approximate surface area is 101 Å². The summed E-state index contributed by atoms with van der Waals surface area (Å²) in [5.74, 6) is 0.245. The van der Waals surface area contributed by atoms with Crippen LogP contribution in [0.3, 0.4) is 0 Å². The average Bonchev–Trinajstić information content (AvgIpc) is 2.26. The molecule has 2 heterocycles. The Morgan fingerprint density at radius 1 is 1.47 bits per heavy atom. The molecule has 2 aliphatic rings. The van der Waals surface area contributed by atoms with Gasteiger partial charge in [0.15, 0.2) is 0 Å². The molecule has 0 saturated carbocycles. The summed E-state index contributed by atoms with van der Waals surface area (Å²) in [7, 11) is 0. The standard InChI is InChI=1S/C12H20N2O3/c1-12(2,17)11(16)14-6-5-9-8(7-14)3-4-10(15)13-9/h8-9,17H,3-7H2,1-2H3,(H,13,15). The number of amides is 2. The smallest absolute Gasteiger partial charge is 0.253 e. The first-order valence-electron chi connectivity index (χ1n) is 6.19. The number of nitrogens with zero attached hydrogens (tertiary/aromatic N) is 1. The zero-order valence-corrected chi connectivity index (χ0v) is 10.4. The minimum absolute atomic E-state index is 0.119. The van der Waals surface area contributed by atoms with Crippen LogP contribution in [-0.2, 0) is 9.59 Å². The molecule has 2 atom stereocenters. The Morgan fingerprint density at radius 3 is 2.82 bits per heavy atom. The molecule has 96 valence electrons. The van der Waals surface area contributed by atoms with Crippen molar-refractivity contribution < 1.29 is 14.7 Å². The third-order valence-electron chi connectivity index (χ3n) is 3.63. The van der Waals surface area contributed by atoms with Crippen molar-refractivity contribution >= 4 is 11.8 Å². The minimum atomic E-state index is -1.30. The molecule has 2 aliphatic heterocycles. The molecule has 2 rings (SSSR count). The van der Waals surface area contributed by atoms with Gasteiger partial charge in [-0.05, 0) is 32.6 Å². The third-order valence-corrected chi connectivity index (χ3v) is 3.63. The minimum Gasteiger partial charge on any atom is -0.381 e. The van der Waals surface area contributed by atoms with Crippen molar-refractivity contribution in [3.63, 3.8) is 0 Å². The van der Waals surface area contributed by atoms with Crippen LogP contribution in [0.2, 0.25) is 0 Å². The van der Waals surface area contributed by atoms with Gasteiger partial charge >= 0.3 is 0 Å². The second-order valence-electron chi connectivity index (χ2n) is 5.57. The van der Waals surface area contributed by atoms with Crippen molar-refractivity contribution in [2.75, 3.05) is 13.1 Å². The Balaban J connectivity index is 1.99. The van der Waals surface area contributed by atoms with Crippen LogP contribution in [0.4, 0.5) is 0 Å². The summed E-state index contributed by atoms with van der Waals surface area (Å²) in [4.78, 5) is 24.9. The van der Waals surface area contributed by atoms with Crippen LogP contribution in [0.1, 0.15) is 33.1 Å². The monoisotopic (exact) mass is 240 g/mol. The quantitative estimate of drug-likeness (QED) is 0.671. The second kappa shape index (κ2) is 4.29. The molecule has 2 unspecified atom stereocenters. The van der Waals surface area contributed by atoms with Crippen LogP contribution in [0.15, 0.2) is 0 Å². The third kappa shape index (κ3) is 2.60. The lowest BCUT2D eigenvalue weighted by Gasteiger charge is -2.42. The number of nitrogens with one attached hydrogen (secondary N) is 1. The fourth-order valence-electron chi connectivity index (χ4n) is 2.68. The van der Waals surface area contributed by atoms with Crippen LogP contribution in [0, 0.1) is 5.92 Å². The molecule has 17 heavy (non-hydrogen) atoms. The van der Waals surface area contributed by atoms with Crippen LogP contribution in [0.25, 0.3) is 0 Å². The highest BCUT2D eigenvalue weighted by Crippen LogP contribution is 2.26. The van der Waals surface area contributed by atoms with Crippen LogP contribution in [0.5, 0.6) is 0 Å². The predicted octanol–water partition coefficient (Wildman–Crippen LogP) is -0.116. The van der Waals surface area contributed by atoms with E-state index in [0.29, 0.717) is 25.4 Å². The summed E-state index contributed by atoms with van der Waals surface area (Å²) in [6.45, 7) is 4.30. The largest absolute Gasteiger partial charge is 0.381 e. The number of likely N-dealkylation sites (tertiary alicyclic amines) is 1. The summed E-state index contributed by atoms with van der Waals surface area (Å²) < 4.78 is 0. The van der Waals surface area contributed by atoms with Crippen molar-refractivity contribution in [1.29, 1.82) is 0 Å². The Hall–Kier alpha value is -1.10. The second-order valence-corrected chi connectivity index (χ2v) is 5.57.